The molecule has 0 aromatic heterocycles. The highest BCUT2D eigenvalue weighted by Crippen LogP contribution is 2.40. The molecule has 0 aliphatic carbocycles. The summed E-state index contributed by atoms with van der Waals surface area (Å²) in [6.07, 6.45) is -0.418. The van der Waals surface area contributed by atoms with Crippen molar-refractivity contribution in [1.82, 2.24) is 10.2 Å². The Balaban J connectivity index is 2.10. The van der Waals surface area contributed by atoms with E-state index < -0.39 is 47.0 Å². The molecule has 31 heavy (non-hydrogen) atoms. The second kappa shape index (κ2) is 10.4. The van der Waals surface area contributed by atoms with E-state index in [1.54, 1.807) is 26.2 Å². The minimum Gasteiger partial charge on any atom is -0.464 e. The Morgan fingerprint density at radius 3 is 2.65 bits per heavy atom. The maximum Gasteiger partial charge on any atom is 0.408 e. The van der Waals surface area contributed by atoms with Gasteiger partial charge in [-0.25, -0.2) is 9.59 Å². The molecule has 2 rings (SSSR count). The van der Waals surface area contributed by atoms with Crippen LogP contribution in [0.1, 0.15) is 34.1 Å². The quantitative estimate of drug-likeness (QED) is 0.110. The first-order chi connectivity index (χ1) is 14.5. The molecule has 2 aliphatic rings. The third-order valence-electron chi connectivity index (χ3n) is 4.12. The van der Waals surface area contributed by atoms with Crippen LogP contribution in [0.3, 0.4) is 0 Å². The predicted molar refractivity (Wildman–Crippen MR) is 109 cm³/mol. The van der Waals surface area contributed by atoms with Crippen molar-refractivity contribution in [3.05, 3.63) is 21.4 Å². The lowest BCUT2D eigenvalue weighted by Crippen LogP contribution is -2.74. The van der Waals surface area contributed by atoms with E-state index in [1.165, 1.54) is 23.6 Å². The number of nitrogens with zero attached hydrogens (tertiary/aromatic N) is 4. The first kappa shape index (κ1) is 24.4. The Kier molecular flexibility index (Phi) is 8.17. The first-order valence-electron chi connectivity index (χ1n) is 9.52. The van der Waals surface area contributed by atoms with Gasteiger partial charge in [-0.2, -0.15) is 0 Å². The molecule has 2 amide bonds. The monoisotopic (exact) mass is 455 g/mol. The summed E-state index contributed by atoms with van der Waals surface area (Å²) in [4.78, 5) is 52.6. The van der Waals surface area contributed by atoms with E-state index in [2.05, 4.69) is 15.3 Å². The molecule has 3 atom stereocenters. The van der Waals surface area contributed by atoms with Crippen LogP contribution in [-0.4, -0.2) is 71.7 Å². The molecule has 0 aromatic rings. The number of carbonyl (C=O) groups is 4. The van der Waals surface area contributed by atoms with Crippen LogP contribution in [0, 0.1) is 0 Å². The van der Waals surface area contributed by atoms with Crippen molar-refractivity contribution in [3.8, 4) is 0 Å². The van der Waals surface area contributed by atoms with Crippen LogP contribution in [-0.2, 0) is 28.6 Å². The first-order valence-corrected chi connectivity index (χ1v) is 10.5. The molecule has 0 aromatic carbocycles. The average molecular weight is 455 g/mol. The van der Waals surface area contributed by atoms with Crippen molar-refractivity contribution in [3.63, 3.8) is 0 Å². The van der Waals surface area contributed by atoms with Crippen molar-refractivity contribution in [2.45, 2.75) is 57.2 Å². The van der Waals surface area contributed by atoms with Gasteiger partial charge in [0.1, 0.15) is 23.6 Å². The Morgan fingerprint density at radius 1 is 1.32 bits per heavy atom. The van der Waals surface area contributed by atoms with Crippen LogP contribution in [0.25, 0.3) is 10.4 Å². The summed E-state index contributed by atoms with van der Waals surface area (Å²) >= 11 is 1.22. The van der Waals surface area contributed by atoms with Crippen LogP contribution in [0.15, 0.2) is 16.1 Å². The van der Waals surface area contributed by atoms with Crippen molar-refractivity contribution < 1.29 is 33.4 Å². The number of alkyl carbamates (subject to hydrolysis) is 1. The summed E-state index contributed by atoms with van der Waals surface area (Å²) in [5.74, 6) is -1.71. The Labute approximate surface area is 183 Å². The summed E-state index contributed by atoms with van der Waals surface area (Å²) in [7, 11) is 0. The normalized spacial score (nSPS) is 22.2. The van der Waals surface area contributed by atoms with E-state index in [9.17, 15) is 19.2 Å². The molecule has 0 bridgehead atoms. The van der Waals surface area contributed by atoms with Crippen LogP contribution in [0.4, 0.5) is 4.79 Å². The molecule has 0 unspecified atom stereocenters. The summed E-state index contributed by atoms with van der Waals surface area (Å²) in [6.45, 7) is 6.32. The van der Waals surface area contributed by atoms with E-state index in [4.69, 9.17) is 19.7 Å². The third-order valence-corrected chi connectivity index (χ3v) is 5.33. The fourth-order valence-electron chi connectivity index (χ4n) is 2.87. The van der Waals surface area contributed by atoms with Gasteiger partial charge in [-0.3, -0.25) is 9.59 Å². The summed E-state index contributed by atoms with van der Waals surface area (Å²) in [6, 6.07) is -1.96. The molecule has 13 heteroatoms. The van der Waals surface area contributed by atoms with Gasteiger partial charge in [0.25, 0.3) is 0 Å². The van der Waals surface area contributed by atoms with Gasteiger partial charge in [0.2, 0.25) is 5.91 Å². The van der Waals surface area contributed by atoms with Crippen LogP contribution < -0.4 is 5.32 Å². The molecule has 170 valence electrons. The number of thioether (sulfide) groups is 1. The summed E-state index contributed by atoms with van der Waals surface area (Å²) in [5.41, 5.74) is 7.95. The summed E-state index contributed by atoms with van der Waals surface area (Å²) < 4.78 is 15.4. The minimum absolute atomic E-state index is 0.00533. The number of fused-ring (bicyclic) bond motifs is 1. The molecular formula is C18H25N5O7S. The maximum atomic E-state index is 12.8. The molecule has 1 N–H and O–H groups in total. The highest BCUT2D eigenvalue weighted by atomic mass is 32.2. The molecule has 0 saturated carbocycles. The lowest BCUT2D eigenvalue weighted by Gasteiger charge is -2.51. The molecule has 2 heterocycles. The van der Waals surface area contributed by atoms with Gasteiger partial charge >= 0.3 is 18.0 Å². The standard InChI is InChI=1S/C18H25N5O7S/c1-10(24)29-8-11-9-31-15-12(21-17(27)30-18(2,3)4)14(25)23(15)13(11)16(26)28-7-5-6-20-22-19/h9,12-13,15H,5-8H2,1-4H3,(H,21,27)/t12-,13-,15-/m1/s1. The van der Waals surface area contributed by atoms with Crippen molar-refractivity contribution in [1.29, 1.82) is 0 Å². The number of rotatable bonds is 8. The number of hydrogen-bond acceptors (Lipinski definition) is 9. The van der Waals surface area contributed by atoms with Crippen LogP contribution in [0.2, 0.25) is 0 Å². The second-order valence-electron chi connectivity index (χ2n) is 7.75. The molecule has 0 radical (unpaired) electrons. The number of nitrogens with one attached hydrogen (secondary N) is 1. The number of carbonyl (C=O) groups excluding carboxylic acids is 4. The summed E-state index contributed by atoms with van der Waals surface area (Å²) in [5, 5.41) is 6.98. The van der Waals surface area contributed by atoms with Gasteiger partial charge < -0.3 is 24.4 Å². The lowest BCUT2D eigenvalue weighted by molar-refractivity contribution is -0.163. The van der Waals surface area contributed by atoms with Gasteiger partial charge in [-0.1, -0.05) is 5.11 Å². The molecule has 1 fully saturated rings. The van der Waals surface area contributed by atoms with Gasteiger partial charge in [-0.15, -0.1) is 11.8 Å². The molecule has 0 spiro atoms. The largest absolute Gasteiger partial charge is 0.464 e. The Morgan fingerprint density at radius 2 is 2.03 bits per heavy atom. The SMILES string of the molecule is CC(=O)OCC1=CS[C@@H]2[C@H](NC(=O)OC(C)(C)C)C(=O)N2[C@H]1C(=O)OCCCN=[N+]=[N-]. The number of β-lactam (4-membered cyclic amide) rings is 1. The fraction of sp³-hybridized carbons (Fsp3) is 0.667. The average Bonchev–Trinajstić information content (AvgIpc) is 2.67. The number of esters is 2. The van der Waals surface area contributed by atoms with Gasteiger partial charge in [0.05, 0.1) is 6.61 Å². The lowest BCUT2D eigenvalue weighted by atomic mass is 9.98. The van der Waals surface area contributed by atoms with E-state index >= 15 is 0 Å². The maximum absolute atomic E-state index is 12.8. The molecule has 2 aliphatic heterocycles. The number of ether oxygens (including phenoxy) is 3. The number of azide groups is 1. The van der Waals surface area contributed by atoms with Gasteiger partial charge in [0.15, 0.2) is 6.04 Å². The van der Waals surface area contributed by atoms with E-state index in [0.717, 1.165) is 0 Å². The van der Waals surface area contributed by atoms with E-state index in [0.29, 0.717) is 12.0 Å². The highest BCUT2D eigenvalue weighted by Gasteiger charge is 2.56. The predicted octanol–water partition coefficient (Wildman–Crippen LogP) is 1.85. The van der Waals surface area contributed by atoms with Crippen LogP contribution in [0.5, 0.6) is 0 Å². The zero-order chi connectivity index (χ0) is 23.2. The smallest absolute Gasteiger partial charge is 0.408 e. The van der Waals surface area contributed by atoms with Crippen molar-refractivity contribution in [2.24, 2.45) is 5.11 Å². The third kappa shape index (κ3) is 6.53. The van der Waals surface area contributed by atoms with Gasteiger partial charge in [0, 0.05) is 24.0 Å². The van der Waals surface area contributed by atoms with Gasteiger partial charge in [-0.05, 0) is 38.1 Å². The molecular weight excluding hydrogens is 430 g/mol. The van der Waals surface area contributed by atoms with Crippen molar-refractivity contribution in [2.75, 3.05) is 19.8 Å². The zero-order valence-electron chi connectivity index (χ0n) is 17.7. The van der Waals surface area contributed by atoms with E-state index in [-0.39, 0.29) is 19.8 Å². The number of amides is 2. The molecule has 1 saturated heterocycles. The zero-order valence-corrected chi connectivity index (χ0v) is 18.5. The Hall–Kier alpha value is -2.92. The number of hydrogen-bond donors (Lipinski definition) is 1. The Bertz CT molecular complexity index is 819. The fourth-order valence-corrected chi connectivity index (χ4v) is 4.08. The van der Waals surface area contributed by atoms with Crippen molar-refractivity contribution >= 4 is 35.7 Å². The second-order valence-corrected chi connectivity index (χ2v) is 8.74. The topological polar surface area (TPSA) is 160 Å². The van der Waals surface area contributed by atoms with Crippen LogP contribution >= 0.6 is 11.8 Å². The van der Waals surface area contributed by atoms with E-state index in [1.807, 2.05) is 0 Å². The highest BCUT2D eigenvalue weighted by molar-refractivity contribution is 8.02. The molecule has 12 nitrogen and oxygen atoms in total. The minimum atomic E-state index is -1.09.